The molecule has 1 aromatic heterocycles. The highest BCUT2D eigenvalue weighted by atomic mass is 35.5. The molecular formula is C27H28Cl2F3N5O4S. The van der Waals surface area contributed by atoms with Gasteiger partial charge in [-0.3, -0.25) is 19.3 Å². The molecule has 0 aliphatic rings. The number of anilines is 1. The van der Waals surface area contributed by atoms with Crippen molar-refractivity contribution in [2.24, 2.45) is 0 Å². The molecule has 0 spiro atoms. The minimum absolute atomic E-state index is 0.0538. The second-order valence-corrected chi connectivity index (χ2v) is 12.1. The Morgan fingerprint density at radius 1 is 1.00 bits per heavy atom. The number of hydrogen-bond donors (Lipinski definition) is 2. The molecule has 0 saturated heterocycles. The molecule has 0 atom stereocenters. The lowest BCUT2D eigenvalue weighted by Gasteiger charge is -2.25. The first-order valence-corrected chi connectivity index (χ1v) is 14.8. The zero-order valence-corrected chi connectivity index (χ0v) is 24.9. The second-order valence-electron chi connectivity index (χ2n) is 9.50. The van der Waals surface area contributed by atoms with E-state index in [9.17, 15) is 31.2 Å². The molecule has 9 nitrogen and oxygen atoms in total. The SMILES string of the molecule is CN(C)CC(=O)N(CCS(=O)(=O)Nc1ccc(C(=O)NCc2ccc(C(F)(F)F)nc2)cc1)Cc1cccc(Cl)c1Cl. The summed E-state index contributed by atoms with van der Waals surface area (Å²) in [5, 5.41) is 3.17. The molecule has 2 amide bonds. The van der Waals surface area contributed by atoms with Crippen molar-refractivity contribution >= 4 is 50.7 Å². The van der Waals surface area contributed by atoms with Crippen LogP contribution in [-0.4, -0.2) is 68.0 Å². The summed E-state index contributed by atoms with van der Waals surface area (Å²) in [6, 6.07) is 12.6. The van der Waals surface area contributed by atoms with E-state index < -0.39 is 33.6 Å². The Morgan fingerprint density at radius 3 is 2.29 bits per heavy atom. The van der Waals surface area contributed by atoms with Crippen LogP contribution < -0.4 is 10.0 Å². The van der Waals surface area contributed by atoms with Gasteiger partial charge in [0.25, 0.3) is 5.91 Å². The lowest BCUT2D eigenvalue weighted by molar-refractivity contribution is -0.141. The molecule has 0 radical (unpaired) electrons. The number of hydrogen-bond acceptors (Lipinski definition) is 6. The van der Waals surface area contributed by atoms with Crippen LogP contribution in [0.25, 0.3) is 0 Å². The third-order valence-electron chi connectivity index (χ3n) is 5.82. The molecule has 2 aromatic carbocycles. The monoisotopic (exact) mass is 645 g/mol. The molecule has 0 aliphatic heterocycles. The fraction of sp³-hybridized carbons (Fsp3) is 0.296. The Hall–Kier alpha value is -3.39. The van der Waals surface area contributed by atoms with Crippen LogP contribution in [-0.2, 0) is 34.1 Å². The number of carbonyl (C=O) groups is 2. The maximum Gasteiger partial charge on any atom is 0.433 e. The van der Waals surface area contributed by atoms with E-state index in [1.54, 1.807) is 37.2 Å². The van der Waals surface area contributed by atoms with E-state index in [1.165, 1.54) is 35.2 Å². The molecule has 0 fully saturated rings. The van der Waals surface area contributed by atoms with Gasteiger partial charge in [0.1, 0.15) is 5.69 Å². The number of aromatic nitrogens is 1. The van der Waals surface area contributed by atoms with E-state index in [4.69, 9.17) is 23.2 Å². The van der Waals surface area contributed by atoms with Gasteiger partial charge in [-0.1, -0.05) is 41.4 Å². The van der Waals surface area contributed by atoms with Gasteiger partial charge in [-0.25, -0.2) is 8.42 Å². The van der Waals surface area contributed by atoms with Crippen molar-refractivity contribution in [3.8, 4) is 0 Å². The van der Waals surface area contributed by atoms with E-state index in [-0.39, 0.29) is 48.4 Å². The molecular weight excluding hydrogens is 618 g/mol. The van der Waals surface area contributed by atoms with Gasteiger partial charge in [0.05, 0.1) is 22.3 Å². The Bertz CT molecular complexity index is 1500. The summed E-state index contributed by atoms with van der Waals surface area (Å²) >= 11 is 12.4. The lowest BCUT2D eigenvalue weighted by Crippen LogP contribution is -2.40. The van der Waals surface area contributed by atoms with Crippen LogP contribution in [0.3, 0.4) is 0 Å². The minimum Gasteiger partial charge on any atom is -0.348 e. The van der Waals surface area contributed by atoms with E-state index in [0.29, 0.717) is 16.1 Å². The Morgan fingerprint density at radius 2 is 1.69 bits per heavy atom. The van der Waals surface area contributed by atoms with Crippen LogP contribution in [0.15, 0.2) is 60.8 Å². The van der Waals surface area contributed by atoms with E-state index in [1.807, 2.05) is 0 Å². The van der Waals surface area contributed by atoms with Crippen LogP contribution in [0.4, 0.5) is 18.9 Å². The first kappa shape index (κ1) is 33.1. The number of amides is 2. The van der Waals surface area contributed by atoms with Gasteiger partial charge in [-0.2, -0.15) is 13.2 Å². The van der Waals surface area contributed by atoms with Gasteiger partial charge in [0, 0.05) is 37.1 Å². The van der Waals surface area contributed by atoms with Crippen molar-refractivity contribution in [1.29, 1.82) is 0 Å². The van der Waals surface area contributed by atoms with Crippen LogP contribution >= 0.6 is 23.2 Å². The number of alkyl halides is 3. The zero-order valence-electron chi connectivity index (χ0n) is 22.6. The van der Waals surface area contributed by atoms with Crippen molar-refractivity contribution in [1.82, 2.24) is 20.1 Å². The third-order valence-corrected chi connectivity index (χ3v) is 7.94. The number of likely N-dealkylation sites (N-methyl/N-ethyl adjacent to an activating group) is 1. The van der Waals surface area contributed by atoms with Gasteiger partial charge in [-0.15, -0.1) is 0 Å². The molecule has 42 heavy (non-hydrogen) atoms. The molecule has 15 heteroatoms. The first-order chi connectivity index (χ1) is 19.6. The van der Waals surface area contributed by atoms with Gasteiger partial charge in [-0.05, 0) is 61.6 Å². The molecule has 0 unspecified atom stereocenters. The molecule has 226 valence electrons. The van der Waals surface area contributed by atoms with Gasteiger partial charge >= 0.3 is 6.18 Å². The highest BCUT2D eigenvalue weighted by molar-refractivity contribution is 7.92. The summed E-state index contributed by atoms with van der Waals surface area (Å²) in [6.45, 7) is -0.0512. The van der Waals surface area contributed by atoms with Gasteiger partial charge < -0.3 is 15.1 Å². The maximum absolute atomic E-state index is 12.8. The second kappa shape index (κ2) is 14.2. The van der Waals surface area contributed by atoms with E-state index in [0.717, 1.165) is 12.3 Å². The van der Waals surface area contributed by atoms with E-state index in [2.05, 4.69) is 15.0 Å². The standard InChI is InChI=1S/C27H28Cl2F3N5O4S/c1-36(2)17-24(38)37(16-20-4-3-5-22(28)25(20)29)12-13-42(40,41)35-21-9-7-19(8-10-21)26(39)34-15-18-6-11-23(33-14-18)27(30,31)32/h3-11,14,35H,12-13,15-17H2,1-2H3,(H,34,39). The molecule has 1 heterocycles. The van der Waals surface area contributed by atoms with Crippen molar-refractivity contribution in [3.63, 3.8) is 0 Å². The molecule has 2 N–H and O–H groups in total. The summed E-state index contributed by atoms with van der Waals surface area (Å²) < 4.78 is 66.0. The molecule has 3 rings (SSSR count). The van der Waals surface area contributed by atoms with Crippen LogP contribution in [0.2, 0.25) is 10.0 Å². The Kier molecular flexibility index (Phi) is 11.2. The summed E-state index contributed by atoms with van der Waals surface area (Å²) in [6.07, 6.45) is -3.53. The fourth-order valence-corrected chi connectivity index (χ4v) is 5.11. The number of nitrogens with one attached hydrogen (secondary N) is 2. The Balaban J connectivity index is 1.59. The van der Waals surface area contributed by atoms with Crippen molar-refractivity contribution < 1.29 is 31.2 Å². The zero-order chi connectivity index (χ0) is 31.1. The summed E-state index contributed by atoms with van der Waals surface area (Å²) in [7, 11) is -0.462. The molecule has 0 saturated carbocycles. The minimum atomic E-state index is -4.56. The average molecular weight is 647 g/mol. The van der Waals surface area contributed by atoms with Crippen LogP contribution in [0.5, 0.6) is 0 Å². The summed E-state index contributed by atoms with van der Waals surface area (Å²) in [5.74, 6) is -1.22. The number of nitrogens with zero attached hydrogens (tertiary/aromatic N) is 3. The largest absolute Gasteiger partial charge is 0.433 e. The average Bonchev–Trinajstić information content (AvgIpc) is 2.91. The normalized spacial score (nSPS) is 11.8. The highest BCUT2D eigenvalue weighted by Gasteiger charge is 2.32. The van der Waals surface area contributed by atoms with Crippen molar-refractivity contribution in [2.45, 2.75) is 19.3 Å². The van der Waals surface area contributed by atoms with Gasteiger partial charge in [0.15, 0.2) is 0 Å². The molecule has 3 aromatic rings. The Labute approximate surface area is 251 Å². The van der Waals surface area contributed by atoms with Crippen LogP contribution in [0, 0.1) is 0 Å². The summed E-state index contributed by atoms with van der Waals surface area (Å²) in [4.78, 5) is 31.7. The highest BCUT2D eigenvalue weighted by Crippen LogP contribution is 2.28. The van der Waals surface area contributed by atoms with Gasteiger partial charge in [0.2, 0.25) is 15.9 Å². The third kappa shape index (κ3) is 9.86. The van der Waals surface area contributed by atoms with Crippen LogP contribution in [0.1, 0.15) is 27.2 Å². The fourth-order valence-electron chi connectivity index (χ4n) is 3.67. The number of pyridine rings is 1. The van der Waals surface area contributed by atoms with Crippen molar-refractivity contribution in [2.75, 3.05) is 37.7 Å². The number of carbonyl (C=O) groups excluding carboxylic acids is 2. The number of halogens is 5. The quantitative estimate of drug-likeness (QED) is 0.296. The van der Waals surface area contributed by atoms with E-state index >= 15 is 0 Å². The molecule has 0 bridgehead atoms. The lowest BCUT2D eigenvalue weighted by atomic mass is 10.2. The number of sulfonamides is 1. The molecule has 0 aliphatic carbocycles. The first-order valence-electron chi connectivity index (χ1n) is 12.4. The predicted octanol–water partition coefficient (Wildman–Crippen LogP) is 4.67. The topological polar surface area (TPSA) is 112 Å². The predicted molar refractivity (Wildman–Crippen MR) is 155 cm³/mol. The maximum atomic E-state index is 12.8. The number of benzene rings is 2. The summed E-state index contributed by atoms with van der Waals surface area (Å²) in [5.41, 5.74) is 0.315. The van der Waals surface area contributed by atoms with Crippen molar-refractivity contribution in [3.05, 3.63) is 93.2 Å². The number of rotatable bonds is 12. The smallest absolute Gasteiger partial charge is 0.348 e.